The summed E-state index contributed by atoms with van der Waals surface area (Å²) in [6.45, 7) is 0. The molecule has 90 valence electrons. The van der Waals surface area contributed by atoms with Gasteiger partial charge < -0.3 is 10.8 Å². The van der Waals surface area contributed by atoms with E-state index in [1.54, 1.807) is 18.2 Å². The molecule has 2 rings (SSSR count). The molecule has 5 heteroatoms. The van der Waals surface area contributed by atoms with Crippen LogP contribution in [0.1, 0.15) is 26.4 Å². The first-order chi connectivity index (χ1) is 8.59. The minimum Gasteiger partial charge on any atom is -0.478 e. The number of nitrogens with zero attached hydrogens (tertiary/aromatic N) is 1. The number of aromatic carboxylic acids is 1. The van der Waals surface area contributed by atoms with Crippen LogP contribution in [-0.4, -0.2) is 21.8 Å². The van der Waals surface area contributed by atoms with Crippen molar-refractivity contribution in [3.63, 3.8) is 0 Å². The van der Waals surface area contributed by atoms with Crippen LogP contribution in [0.25, 0.3) is 0 Å². The van der Waals surface area contributed by atoms with Gasteiger partial charge >= 0.3 is 5.97 Å². The number of aromatic nitrogens is 1. The number of nitrogens with two attached hydrogens (primary N) is 1. The standard InChI is InChI=1S/C13H10N2O3/c14-9-4-1-3-8(7-9)12(16)11-10(13(17)18)5-2-6-15-11/h1-7H,14H2,(H,17,18). The predicted molar refractivity (Wildman–Crippen MR) is 65.5 cm³/mol. The van der Waals surface area contributed by atoms with Crippen LogP contribution >= 0.6 is 0 Å². The lowest BCUT2D eigenvalue weighted by Gasteiger charge is -2.04. The van der Waals surface area contributed by atoms with Crippen molar-refractivity contribution in [3.8, 4) is 0 Å². The number of anilines is 1. The van der Waals surface area contributed by atoms with E-state index < -0.39 is 11.8 Å². The van der Waals surface area contributed by atoms with Gasteiger partial charge in [0.05, 0.1) is 5.56 Å². The van der Waals surface area contributed by atoms with Gasteiger partial charge in [0.1, 0.15) is 5.69 Å². The molecule has 1 aromatic carbocycles. The van der Waals surface area contributed by atoms with Crippen molar-refractivity contribution < 1.29 is 14.7 Å². The number of hydrogen-bond acceptors (Lipinski definition) is 4. The zero-order valence-electron chi connectivity index (χ0n) is 9.33. The average Bonchev–Trinajstić information content (AvgIpc) is 2.38. The van der Waals surface area contributed by atoms with Crippen molar-refractivity contribution in [1.29, 1.82) is 0 Å². The lowest BCUT2D eigenvalue weighted by atomic mass is 10.0. The van der Waals surface area contributed by atoms with E-state index in [0.29, 0.717) is 11.3 Å². The molecule has 0 unspecified atom stereocenters. The Morgan fingerprint density at radius 2 is 1.94 bits per heavy atom. The smallest absolute Gasteiger partial charge is 0.338 e. The molecule has 1 aromatic heterocycles. The van der Waals surface area contributed by atoms with Crippen LogP contribution in [0.5, 0.6) is 0 Å². The molecular formula is C13H10N2O3. The summed E-state index contributed by atoms with van der Waals surface area (Å²) in [4.78, 5) is 27.0. The number of rotatable bonds is 3. The molecule has 18 heavy (non-hydrogen) atoms. The Bertz CT molecular complexity index is 623. The minimum atomic E-state index is -1.18. The molecule has 0 aliphatic carbocycles. The number of hydrogen-bond donors (Lipinski definition) is 2. The molecule has 2 aromatic rings. The van der Waals surface area contributed by atoms with E-state index in [2.05, 4.69) is 4.98 Å². The number of carboxylic acids is 1. The number of carbonyl (C=O) groups excluding carboxylic acids is 1. The lowest BCUT2D eigenvalue weighted by Crippen LogP contribution is -2.12. The largest absolute Gasteiger partial charge is 0.478 e. The van der Waals surface area contributed by atoms with Gasteiger partial charge in [-0.1, -0.05) is 12.1 Å². The van der Waals surface area contributed by atoms with Crippen molar-refractivity contribution in [2.75, 3.05) is 5.73 Å². The van der Waals surface area contributed by atoms with Gasteiger partial charge in [0, 0.05) is 17.4 Å². The van der Waals surface area contributed by atoms with Crippen molar-refractivity contribution in [2.24, 2.45) is 0 Å². The Morgan fingerprint density at radius 3 is 2.61 bits per heavy atom. The Kier molecular flexibility index (Phi) is 3.05. The summed E-state index contributed by atoms with van der Waals surface area (Å²) in [6.07, 6.45) is 1.38. The molecule has 5 nitrogen and oxygen atoms in total. The zero-order chi connectivity index (χ0) is 13.1. The molecule has 3 N–H and O–H groups in total. The molecule has 0 saturated carbocycles. The molecule has 0 fully saturated rings. The van der Waals surface area contributed by atoms with Crippen LogP contribution in [0.15, 0.2) is 42.6 Å². The van der Waals surface area contributed by atoms with Crippen LogP contribution < -0.4 is 5.73 Å². The molecule has 1 heterocycles. The van der Waals surface area contributed by atoms with E-state index in [4.69, 9.17) is 10.8 Å². The van der Waals surface area contributed by atoms with E-state index in [1.165, 1.54) is 24.4 Å². The van der Waals surface area contributed by atoms with Crippen molar-refractivity contribution in [3.05, 3.63) is 59.4 Å². The van der Waals surface area contributed by atoms with Gasteiger partial charge in [-0.15, -0.1) is 0 Å². The van der Waals surface area contributed by atoms with E-state index in [0.717, 1.165) is 0 Å². The van der Waals surface area contributed by atoms with Crippen LogP contribution in [0.4, 0.5) is 5.69 Å². The first kappa shape index (κ1) is 11.8. The van der Waals surface area contributed by atoms with Gasteiger partial charge in [-0.2, -0.15) is 0 Å². The molecule has 0 amide bonds. The first-order valence-electron chi connectivity index (χ1n) is 5.18. The second kappa shape index (κ2) is 4.67. The number of benzene rings is 1. The summed E-state index contributed by atoms with van der Waals surface area (Å²) in [5.41, 5.74) is 6.13. The van der Waals surface area contributed by atoms with Gasteiger partial charge in [0.15, 0.2) is 0 Å². The average molecular weight is 242 g/mol. The molecule has 0 bridgehead atoms. The highest BCUT2D eigenvalue weighted by Crippen LogP contribution is 2.14. The van der Waals surface area contributed by atoms with Gasteiger partial charge in [0.25, 0.3) is 0 Å². The maximum atomic E-state index is 12.1. The van der Waals surface area contributed by atoms with Crippen molar-refractivity contribution >= 4 is 17.4 Å². The number of ketones is 1. The number of nitrogen functional groups attached to an aromatic ring is 1. The number of carbonyl (C=O) groups is 2. The van der Waals surface area contributed by atoms with Crippen LogP contribution in [-0.2, 0) is 0 Å². The third kappa shape index (κ3) is 2.20. The summed E-state index contributed by atoms with van der Waals surface area (Å²) in [6, 6.07) is 9.15. The summed E-state index contributed by atoms with van der Waals surface area (Å²) >= 11 is 0. The minimum absolute atomic E-state index is 0.0874. The maximum absolute atomic E-state index is 12.1. The molecule has 0 aliphatic rings. The van der Waals surface area contributed by atoms with Gasteiger partial charge in [-0.25, -0.2) is 4.79 Å². The Hall–Kier alpha value is -2.69. The van der Waals surface area contributed by atoms with Crippen molar-refractivity contribution in [2.45, 2.75) is 0 Å². The maximum Gasteiger partial charge on any atom is 0.338 e. The summed E-state index contributed by atoms with van der Waals surface area (Å²) in [7, 11) is 0. The van der Waals surface area contributed by atoms with Gasteiger partial charge in [0.2, 0.25) is 5.78 Å². The zero-order valence-corrected chi connectivity index (χ0v) is 9.33. The molecule has 0 spiro atoms. The third-order valence-electron chi connectivity index (χ3n) is 2.40. The molecule has 0 saturated heterocycles. The van der Waals surface area contributed by atoms with E-state index >= 15 is 0 Å². The topological polar surface area (TPSA) is 93.3 Å². The molecular weight excluding hydrogens is 232 g/mol. The second-order valence-electron chi connectivity index (χ2n) is 3.66. The fraction of sp³-hybridized carbons (Fsp3) is 0. The summed E-state index contributed by atoms with van der Waals surface area (Å²) in [5.74, 6) is -1.64. The normalized spacial score (nSPS) is 10.0. The van der Waals surface area contributed by atoms with E-state index in [9.17, 15) is 9.59 Å². The number of pyridine rings is 1. The highest BCUT2D eigenvalue weighted by atomic mass is 16.4. The van der Waals surface area contributed by atoms with Crippen LogP contribution in [0.3, 0.4) is 0 Å². The van der Waals surface area contributed by atoms with Gasteiger partial charge in [-0.05, 0) is 24.3 Å². The molecule has 0 aliphatic heterocycles. The summed E-state index contributed by atoms with van der Waals surface area (Å²) < 4.78 is 0. The van der Waals surface area contributed by atoms with Crippen LogP contribution in [0.2, 0.25) is 0 Å². The highest BCUT2D eigenvalue weighted by molar-refractivity contribution is 6.13. The van der Waals surface area contributed by atoms with E-state index in [1.807, 2.05) is 0 Å². The third-order valence-corrected chi connectivity index (χ3v) is 2.40. The highest BCUT2D eigenvalue weighted by Gasteiger charge is 2.18. The second-order valence-corrected chi connectivity index (χ2v) is 3.66. The quantitative estimate of drug-likeness (QED) is 0.629. The first-order valence-corrected chi connectivity index (χ1v) is 5.18. The number of carboxylic acid groups (broad SMARTS) is 1. The Morgan fingerprint density at radius 1 is 1.17 bits per heavy atom. The summed E-state index contributed by atoms with van der Waals surface area (Å²) in [5, 5.41) is 9.00. The van der Waals surface area contributed by atoms with Crippen molar-refractivity contribution in [1.82, 2.24) is 4.98 Å². The van der Waals surface area contributed by atoms with E-state index in [-0.39, 0.29) is 11.3 Å². The molecule has 0 atom stereocenters. The molecule has 0 radical (unpaired) electrons. The van der Waals surface area contributed by atoms with Crippen LogP contribution in [0, 0.1) is 0 Å². The predicted octanol–water partition coefficient (Wildman–Crippen LogP) is 1.59. The fourth-order valence-electron chi connectivity index (χ4n) is 1.58. The Balaban J connectivity index is 2.50. The fourth-order valence-corrected chi connectivity index (χ4v) is 1.58. The SMILES string of the molecule is Nc1cccc(C(=O)c2ncccc2C(=O)O)c1. The lowest BCUT2D eigenvalue weighted by molar-refractivity contribution is 0.0692. The van der Waals surface area contributed by atoms with Gasteiger partial charge in [-0.3, -0.25) is 9.78 Å². The monoisotopic (exact) mass is 242 g/mol. The Labute approximate surface area is 103 Å².